The van der Waals surface area contributed by atoms with Crippen LogP contribution >= 0.6 is 34.8 Å². The third-order valence-corrected chi connectivity index (χ3v) is 3.71. The minimum atomic E-state index is -0.520. The Labute approximate surface area is 142 Å². The maximum absolute atomic E-state index is 11.9. The fourth-order valence-corrected chi connectivity index (χ4v) is 2.16. The average Bonchev–Trinajstić information content (AvgIpc) is 2.48. The van der Waals surface area contributed by atoms with Gasteiger partial charge in [-0.3, -0.25) is 4.79 Å². The van der Waals surface area contributed by atoms with Crippen molar-refractivity contribution in [1.29, 1.82) is 0 Å². The van der Waals surface area contributed by atoms with Gasteiger partial charge in [-0.2, -0.15) is 0 Å². The van der Waals surface area contributed by atoms with Gasteiger partial charge in [0.1, 0.15) is 0 Å². The molecule has 0 saturated carbocycles. The first-order valence-electron chi connectivity index (χ1n) is 6.24. The number of benzene rings is 2. The van der Waals surface area contributed by atoms with Crippen LogP contribution in [0.4, 0.5) is 10.5 Å². The summed E-state index contributed by atoms with van der Waals surface area (Å²) >= 11 is 17.4. The Kier molecular flexibility index (Phi) is 5.66. The van der Waals surface area contributed by atoms with Crippen molar-refractivity contribution >= 4 is 52.3 Å². The van der Waals surface area contributed by atoms with E-state index >= 15 is 0 Å². The molecule has 2 rings (SSSR count). The van der Waals surface area contributed by atoms with E-state index in [2.05, 4.69) is 10.6 Å². The molecule has 0 saturated heterocycles. The van der Waals surface area contributed by atoms with Gasteiger partial charge < -0.3 is 10.6 Å². The number of carbonyl (C=O) groups is 2. The van der Waals surface area contributed by atoms with E-state index in [1.807, 2.05) is 0 Å². The first kappa shape index (κ1) is 16.6. The number of ketones is 1. The molecule has 0 bridgehead atoms. The SMILES string of the molecule is O=C(NCC(=O)c1cccc(Cl)c1)Nc1ccc(Cl)c(Cl)c1. The highest BCUT2D eigenvalue weighted by molar-refractivity contribution is 6.42. The van der Waals surface area contributed by atoms with Crippen LogP contribution in [0.1, 0.15) is 10.4 Å². The van der Waals surface area contributed by atoms with Crippen LogP contribution in [-0.2, 0) is 0 Å². The molecule has 7 heteroatoms. The first-order chi connectivity index (χ1) is 10.5. The first-order valence-corrected chi connectivity index (χ1v) is 7.38. The van der Waals surface area contributed by atoms with Crippen LogP contribution in [0.25, 0.3) is 0 Å². The highest BCUT2D eigenvalue weighted by Gasteiger charge is 2.09. The molecule has 4 nitrogen and oxygen atoms in total. The van der Waals surface area contributed by atoms with Crippen LogP contribution in [0.3, 0.4) is 0 Å². The van der Waals surface area contributed by atoms with E-state index < -0.39 is 6.03 Å². The highest BCUT2D eigenvalue weighted by atomic mass is 35.5. The van der Waals surface area contributed by atoms with Gasteiger partial charge >= 0.3 is 6.03 Å². The Bertz CT molecular complexity index is 720. The zero-order valence-corrected chi connectivity index (χ0v) is 13.5. The Hall–Kier alpha value is -1.75. The molecular weight excluding hydrogens is 347 g/mol. The van der Waals surface area contributed by atoms with Gasteiger partial charge in [0.25, 0.3) is 0 Å². The number of carbonyl (C=O) groups excluding carboxylic acids is 2. The van der Waals surface area contributed by atoms with Gasteiger partial charge in [-0.25, -0.2) is 4.79 Å². The number of nitrogens with one attached hydrogen (secondary N) is 2. The molecule has 2 aromatic carbocycles. The molecule has 0 heterocycles. The van der Waals surface area contributed by atoms with Crippen LogP contribution in [0.15, 0.2) is 42.5 Å². The van der Waals surface area contributed by atoms with Crippen LogP contribution in [0.5, 0.6) is 0 Å². The minimum Gasteiger partial charge on any atom is -0.330 e. The minimum absolute atomic E-state index is 0.145. The van der Waals surface area contributed by atoms with E-state index in [1.165, 1.54) is 6.07 Å². The van der Waals surface area contributed by atoms with E-state index in [-0.39, 0.29) is 12.3 Å². The van der Waals surface area contributed by atoms with Crippen molar-refractivity contribution < 1.29 is 9.59 Å². The lowest BCUT2D eigenvalue weighted by atomic mass is 10.1. The summed E-state index contributed by atoms with van der Waals surface area (Å²) < 4.78 is 0. The topological polar surface area (TPSA) is 58.2 Å². The fraction of sp³-hybridized carbons (Fsp3) is 0.0667. The number of halogens is 3. The van der Waals surface area contributed by atoms with Crippen molar-refractivity contribution in [3.8, 4) is 0 Å². The van der Waals surface area contributed by atoms with E-state index in [0.29, 0.717) is 26.3 Å². The van der Waals surface area contributed by atoms with Gasteiger partial charge in [0, 0.05) is 16.3 Å². The Morgan fingerprint density at radius 1 is 0.955 bits per heavy atom. The molecule has 2 aromatic rings. The summed E-state index contributed by atoms with van der Waals surface area (Å²) in [5.74, 6) is -0.244. The number of urea groups is 1. The van der Waals surface area contributed by atoms with Crippen molar-refractivity contribution in [3.05, 3.63) is 63.1 Å². The quantitative estimate of drug-likeness (QED) is 0.782. The summed E-state index contributed by atoms with van der Waals surface area (Å²) in [7, 11) is 0. The summed E-state index contributed by atoms with van der Waals surface area (Å²) in [4.78, 5) is 23.6. The summed E-state index contributed by atoms with van der Waals surface area (Å²) in [5.41, 5.74) is 0.907. The third-order valence-electron chi connectivity index (χ3n) is 2.73. The van der Waals surface area contributed by atoms with Crippen molar-refractivity contribution in [2.45, 2.75) is 0 Å². The third kappa shape index (κ3) is 4.63. The zero-order chi connectivity index (χ0) is 16.1. The number of anilines is 1. The second-order valence-corrected chi connectivity index (χ2v) is 5.62. The van der Waals surface area contributed by atoms with E-state index in [4.69, 9.17) is 34.8 Å². The second kappa shape index (κ2) is 7.49. The fourth-order valence-electron chi connectivity index (χ4n) is 1.67. The molecule has 114 valence electrons. The summed E-state index contributed by atoms with van der Waals surface area (Å²) in [5, 5.41) is 6.21. The standard InChI is InChI=1S/C15H11Cl3N2O2/c16-10-3-1-2-9(6-10)14(21)8-19-15(22)20-11-4-5-12(17)13(18)7-11/h1-7H,8H2,(H2,19,20,22). The zero-order valence-electron chi connectivity index (χ0n) is 11.2. The van der Waals surface area contributed by atoms with Gasteiger partial charge in [-0.1, -0.05) is 46.9 Å². The second-order valence-electron chi connectivity index (χ2n) is 4.37. The number of hydrogen-bond acceptors (Lipinski definition) is 2. The molecule has 0 spiro atoms. The molecule has 2 amide bonds. The van der Waals surface area contributed by atoms with E-state index in [1.54, 1.807) is 36.4 Å². The molecule has 2 N–H and O–H groups in total. The average molecular weight is 358 g/mol. The molecule has 0 aliphatic heterocycles. The maximum Gasteiger partial charge on any atom is 0.319 e. The number of Topliss-reactive ketones (excluding diaryl/α,β-unsaturated/α-hetero) is 1. The van der Waals surface area contributed by atoms with Gasteiger partial charge in [-0.05, 0) is 30.3 Å². The number of hydrogen-bond donors (Lipinski definition) is 2. The predicted molar refractivity (Wildman–Crippen MR) is 89.3 cm³/mol. The molecule has 0 atom stereocenters. The summed E-state index contributed by atoms with van der Waals surface area (Å²) in [6, 6.07) is 10.7. The molecule has 0 aromatic heterocycles. The van der Waals surface area contributed by atoms with Crippen molar-refractivity contribution in [2.75, 3.05) is 11.9 Å². The summed E-state index contributed by atoms with van der Waals surface area (Å²) in [6.45, 7) is -0.145. The molecule has 0 aliphatic carbocycles. The largest absolute Gasteiger partial charge is 0.330 e. The van der Waals surface area contributed by atoms with Crippen molar-refractivity contribution in [2.24, 2.45) is 0 Å². The van der Waals surface area contributed by atoms with Crippen LogP contribution < -0.4 is 10.6 Å². The van der Waals surface area contributed by atoms with Crippen LogP contribution in [0, 0.1) is 0 Å². The number of amides is 2. The predicted octanol–water partition coefficient (Wildman–Crippen LogP) is 4.65. The van der Waals surface area contributed by atoms with Gasteiger partial charge in [0.2, 0.25) is 0 Å². The molecule has 0 unspecified atom stereocenters. The van der Waals surface area contributed by atoms with Gasteiger partial charge in [0.05, 0.1) is 16.6 Å². The monoisotopic (exact) mass is 356 g/mol. The maximum atomic E-state index is 11.9. The number of rotatable bonds is 4. The van der Waals surface area contributed by atoms with E-state index in [0.717, 1.165) is 0 Å². The molecular formula is C15H11Cl3N2O2. The highest BCUT2D eigenvalue weighted by Crippen LogP contribution is 2.24. The Morgan fingerprint density at radius 3 is 2.41 bits per heavy atom. The Morgan fingerprint density at radius 2 is 1.73 bits per heavy atom. The van der Waals surface area contributed by atoms with Crippen molar-refractivity contribution in [1.82, 2.24) is 5.32 Å². The lowest BCUT2D eigenvalue weighted by molar-refractivity contribution is 0.0993. The lowest BCUT2D eigenvalue weighted by Gasteiger charge is -2.08. The molecule has 0 fully saturated rings. The van der Waals surface area contributed by atoms with Crippen LogP contribution in [-0.4, -0.2) is 18.4 Å². The van der Waals surface area contributed by atoms with Gasteiger partial charge in [-0.15, -0.1) is 0 Å². The normalized spacial score (nSPS) is 10.1. The summed E-state index contributed by atoms with van der Waals surface area (Å²) in [6.07, 6.45) is 0. The molecule has 0 aliphatic rings. The smallest absolute Gasteiger partial charge is 0.319 e. The Balaban J connectivity index is 1.90. The lowest BCUT2D eigenvalue weighted by Crippen LogP contribution is -2.33. The molecule has 0 radical (unpaired) electrons. The van der Waals surface area contributed by atoms with Crippen molar-refractivity contribution in [3.63, 3.8) is 0 Å². The van der Waals surface area contributed by atoms with Crippen LogP contribution in [0.2, 0.25) is 15.1 Å². The van der Waals surface area contributed by atoms with Gasteiger partial charge in [0.15, 0.2) is 5.78 Å². The molecule has 22 heavy (non-hydrogen) atoms. The van der Waals surface area contributed by atoms with E-state index in [9.17, 15) is 9.59 Å².